The van der Waals surface area contributed by atoms with Gasteiger partial charge in [-0.3, -0.25) is 19.0 Å². The zero-order valence-electron chi connectivity index (χ0n) is 15.6. The van der Waals surface area contributed by atoms with Crippen molar-refractivity contribution in [2.45, 2.75) is 50.8 Å². The van der Waals surface area contributed by atoms with Gasteiger partial charge in [0.2, 0.25) is 0 Å². The van der Waals surface area contributed by atoms with E-state index in [-0.39, 0.29) is 66.0 Å². The molecule has 2 atom stereocenters. The third-order valence-electron chi connectivity index (χ3n) is 4.89. The van der Waals surface area contributed by atoms with E-state index in [0.717, 1.165) is 13.0 Å². The molecule has 0 spiro atoms. The number of aromatic nitrogens is 2. The smallest absolute Gasteiger partial charge is 0.261 e. The van der Waals surface area contributed by atoms with Crippen LogP contribution in [0.25, 0.3) is 10.9 Å². The number of halogens is 3. The number of benzene rings is 1. The Labute approximate surface area is 191 Å². The van der Waals surface area contributed by atoms with E-state index in [4.69, 9.17) is 11.6 Å². The first-order valence-electron chi connectivity index (χ1n) is 9.14. The predicted octanol–water partition coefficient (Wildman–Crippen LogP) is 2.81. The molecule has 1 fully saturated rings. The maximum atomic E-state index is 12.6. The molecule has 7 nitrogen and oxygen atoms in total. The first-order chi connectivity index (χ1) is 13.3. The Morgan fingerprint density at radius 3 is 2.76 bits per heavy atom. The van der Waals surface area contributed by atoms with Gasteiger partial charge in [-0.2, -0.15) is 0 Å². The lowest BCUT2D eigenvalue weighted by atomic mass is 9.95. The highest BCUT2D eigenvalue weighted by molar-refractivity contribution is 9.10. The van der Waals surface area contributed by atoms with Gasteiger partial charge in [0.15, 0.2) is 5.78 Å². The molecule has 0 radical (unpaired) electrons. The predicted molar refractivity (Wildman–Crippen MR) is 120 cm³/mol. The maximum Gasteiger partial charge on any atom is 0.261 e. The molecule has 10 heteroatoms. The number of aliphatic hydroxyl groups excluding tert-OH is 1. The molecule has 3 rings (SSSR count). The van der Waals surface area contributed by atoms with Gasteiger partial charge in [0.25, 0.3) is 5.56 Å². The van der Waals surface area contributed by atoms with E-state index in [9.17, 15) is 19.5 Å². The summed E-state index contributed by atoms with van der Waals surface area (Å²) < 4.78 is 1.87. The van der Waals surface area contributed by atoms with Crippen molar-refractivity contribution in [3.05, 3.63) is 38.3 Å². The number of nitrogens with one attached hydrogen (secondary N) is 1. The monoisotopic (exact) mass is 549 g/mol. The van der Waals surface area contributed by atoms with Gasteiger partial charge in [0.05, 0.1) is 34.9 Å². The molecule has 1 aliphatic rings. The summed E-state index contributed by atoms with van der Waals surface area (Å²) in [6.45, 7) is 0.638. The fourth-order valence-corrected chi connectivity index (χ4v) is 3.80. The van der Waals surface area contributed by atoms with Crippen LogP contribution in [0.3, 0.4) is 0 Å². The number of rotatable bonds is 7. The van der Waals surface area contributed by atoms with Crippen LogP contribution in [-0.4, -0.2) is 44.9 Å². The van der Waals surface area contributed by atoms with Crippen molar-refractivity contribution in [3.8, 4) is 0 Å². The molecule has 1 saturated heterocycles. The van der Waals surface area contributed by atoms with E-state index in [1.807, 2.05) is 0 Å². The van der Waals surface area contributed by atoms with Crippen molar-refractivity contribution in [2.24, 2.45) is 0 Å². The molecule has 0 amide bonds. The third-order valence-corrected chi connectivity index (χ3v) is 6.09. The van der Waals surface area contributed by atoms with Crippen LogP contribution in [0.4, 0.5) is 0 Å². The Bertz CT molecular complexity index is 966. The second-order valence-electron chi connectivity index (χ2n) is 7.01. The number of Topliss-reactive ketones (excluding diaryl/α,β-unsaturated/α-hetero) is 2. The average Bonchev–Trinajstić information content (AvgIpc) is 2.66. The summed E-state index contributed by atoms with van der Waals surface area (Å²) in [6.07, 6.45) is 2.73. The molecule has 158 valence electrons. The zero-order chi connectivity index (χ0) is 20.3. The molecule has 29 heavy (non-hydrogen) atoms. The summed E-state index contributed by atoms with van der Waals surface area (Å²) in [4.78, 5) is 41.1. The van der Waals surface area contributed by atoms with Gasteiger partial charge in [-0.05, 0) is 47.4 Å². The highest BCUT2D eigenvalue weighted by atomic mass is 79.9. The van der Waals surface area contributed by atoms with Crippen molar-refractivity contribution in [2.75, 3.05) is 6.54 Å². The highest BCUT2D eigenvalue weighted by Gasteiger charge is 2.24. The molecular formula is C19H22Br2ClN3O4. The van der Waals surface area contributed by atoms with E-state index < -0.39 is 6.10 Å². The number of piperidine rings is 1. The molecule has 2 aromatic rings. The lowest BCUT2D eigenvalue weighted by molar-refractivity contribution is -0.125. The van der Waals surface area contributed by atoms with Crippen LogP contribution in [0.5, 0.6) is 0 Å². The fraction of sp³-hybridized carbons (Fsp3) is 0.474. The molecule has 1 aromatic heterocycles. The number of fused-ring (bicyclic) bond motifs is 1. The van der Waals surface area contributed by atoms with Crippen molar-refractivity contribution in [1.29, 1.82) is 0 Å². The van der Waals surface area contributed by atoms with Crippen LogP contribution in [0, 0.1) is 0 Å². The molecule has 0 bridgehead atoms. The van der Waals surface area contributed by atoms with E-state index in [2.05, 4.69) is 26.2 Å². The van der Waals surface area contributed by atoms with Gasteiger partial charge in [-0.15, -0.1) is 17.0 Å². The van der Waals surface area contributed by atoms with Crippen LogP contribution in [-0.2, 0) is 16.1 Å². The molecule has 2 unspecified atom stereocenters. The van der Waals surface area contributed by atoms with Crippen molar-refractivity contribution in [3.63, 3.8) is 0 Å². The first-order valence-corrected chi connectivity index (χ1v) is 10.3. The first kappa shape index (κ1) is 24.1. The van der Waals surface area contributed by atoms with Crippen LogP contribution >= 0.6 is 44.5 Å². The molecule has 2 N–H and O–H groups in total. The number of carbonyl (C=O) groups excluding carboxylic acids is 2. The maximum absolute atomic E-state index is 12.6. The molecule has 0 saturated carbocycles. The van der Waals surface area contributed by atoms with E-state index >= 15 is 0 Å². The molecule has 2 heterocycles. The normalized spacial score (nSPS) is 19.0. The lowest BCUT2D eigenvalue weighted by Crippen LogP contribution is -2.45. The van der Waals surface area contributed by atoms with E-state index in [1.54, 1.807) is 6.07 Å². The summed E-state index contributed by atoms with van der Waals surface area (Å²) >= 11 is 9.33. The molecule has 1 aliphatic heterocycles. The van der Waals surface area contributed by atoms with Gasteiger partial charge in [0.1, 0.15) is 5.78 Å². The van der Waals surface area contributed by atoms with Crippen molar-refractivity contribution >= 4 is 67.0 Å². The van der Waals surface area contributed by atoms with Gasteiger partial charge >= 0.3 is 0 Å². The standard InChI is InChI=1S/C19H21BrClN3O4.BrH/c20-14-8-16-13(7-15(14)21)19(28)24(10-23-16)9-12(26)4-3-11(25)6-17-18(27)2-1-5-22-17;/h7-8,10,17-18,22,27H,1-6,9H2;1H. The fourth-order valence-electron chi connectivity index (χ4n) is 3.31. The van der Waals surface area contributed by atoms with Crippen LogP contribution in [0.2, 0.25) is 5.02 Å². The Morgan fingerprint density at radius 2 is 2.03 bits per heavy atom. The number of carbonyl (C=O) groups is 2. The minimum Gasteiger partial charge on any atom is -0.391 e. The number of aliphatic hydroxyl groups is 1. The lowest BCUT2D eigenvalue weighted by Gasteiger charge is -2.28. The van der Waals surface area contributed by atoms with E-state index in [1.165, 1.54) is 17.0 Å². The summed E-state index contributed by atoms with van der Waals surface area (Å²) in [6, 6.07) is 2.92. The summed E-state index contributed by atoms with van der Waals surface area (Å²) in [5, 5.41) is 13.8. The Kier molecular flexibility index (Phi) is 8.96. The minimum absolute atomic E-state index is 0. The van der Waals surface area contributed by atoms with Crippen LogP contribution in [0.1, 0.15) is 32.1 Å². The third kappa shape index (κ3) is 6.18. The second kappa shape index (κ2) is 10.8. The number of hydrogen-bond acceptors (Lipinski definition) is 6. The highest BCUT2D eigenvalue weighted by Crippen LogP contribution is 2.25. The zero-order valence-corrected chi connectivity index (χ0v) is 19.6. The summed E-state index contributed by atoms with van der Waals surface area (Å²) in [5.41, 5.74) is 0.132. The van der Waals surface area contributed by atoms with Crippen molar-refractivity contribution < 1.29 is 14.7 Å². The van der Waals surface area contributed by atoms with E-state index in [0.29, 0.717) is 26.8 Å². The minimum atomic E-state index is -0.525. The van der Waals surface area contributed by atoms with Gasteiger partial charge in [-0.25, -0.2) is 4.98 Å². The van der Waals surface area contributed by atoms with Gasteiger partial charge in [-0.1, -0.05) is 11.6 Å². The Balaban J connectivity index is 0.00000300. The van der Waals surface area contributed by atoms with Gasteiger partial charge < -0.3 is 10.4 Å². The summed E-state index contributed by atoms with van der Waals surface area (Å²) in [7, 11) is 0. The van der Waals surface area contributed by atoms with Crippen LogP contribution < -0.4 is 10.9 Å². The van der Waals surface area contributed by atoms with Crippen molar-refractivity contribution in [1.82, 2.24) is 14.9 Å². The molecule has 0 aliphatic carbocycles. The average molecular weight is 552 g/mol. The quantitative estimate of drug-likeness (QED) is 0.549. The number of hydrogen-bond donors (Lipinski definition) is 2. The second-order valence-corrected chi connectivity index (χ2v) is 8.27. The summed E-state index contributed by atoms with van der Waals surface area (Å²) in [5.74, 6) is -0.302. The van der Waals surface area contributed by atoms with Gasteiger partial charge in [0, 0.05) is 29.8 Å². The number of ketones is 2. The Hall–Kier alpha value is -1.13. The Morgan fingerprint density at radius 1 is 1.31 bits per heavy atom. The largest absolute Gasteiger partial charge is 0.391 e. The van der Waals surface area contributed by atoms with Crippen LogP contribution in [0.15, 0.2) is 27.7 Å². The number of nitrogens with zero attached hydrogens (tertiary/aromatic N) is 2. The SMILES string of the molecule is Br.O=C(CCC(=O)Cn1cnc2cc(Br)c(Cl)cc2c1=O)CC1NCCCC1O. The topological polar surface area (TPSA) is 101 Å². The molecular weight excluding hydrogens is 529 g/mol. The molecule has 1 aromatic carbocycles.